The van der Waals surface area contributed by atoms with Gasteiger partial charge in [0.2, 0.25) is 6.23 Å². The molecule has 32 heavy (non-hydrogen) atoms. The monoisotopic (exact) mass is 494 g/mol. The lowest BCUT2D eigenvalue weighted by Crippen LogP contribution is -2.33. The van der Waals surface area contributed by atoms with Gasteiger partial charge in [-0.1, -0.05) is 15.9 Å². The van der Waals surface area contributed by atoms with Gasteiger partial charge in [0.15, 0.2) is 11.5 Å². The van der Waals surface area contributed by atoms with Gasteiger partial charge in [-0.3, -0.25) is 0 Å². The first kappa shape index (κ1) is 20.7. The van der Waals surface area contributed by atoms with Crippen molar-refractivity contribution in [3.05, 3.63) is 81.8 Å². The average molecular weight is 495 g/mol. The molecule has 3 aromatic rings. The lowest BCUT2D eigenvalue weighted by Gasteiger charge is -2.38. The molecule has 0 aromatic heterocycles. The van der Waals surface area contributed by atoms with Crippen LogP contribution < -0.4 is 18.9 Å². The smallest absolute Gasteiger partial charge is 0.213 e. The Bertz CT molecular complexity index is 1180. The summed E-state index contributed by atoms with van der Waals surface area (Å²) in [6, 6.07) is 20.0. The molecule has 0 spiro atoms. The van der Waals surface area contributed by atoms with E-state index in [1.165, 1.54) is 0 Å². The Labute approximate surface area is 195 Å². The number of nitrogens with zero attached hydrogens (tertiary/aromatic N) is 2. The predicted molar refractivity (Wildman–Crippen MR) is 126 cm³/mol. The van der Waals surface area contributed by atoms with Gasteiger partial charge in [-0.2, -0.15) is 5.10 Å². The molecular weight excluding hydrogens is 472 g/mol. The first-order valence-corrected chi connectivity index (χ1v) is 11.1. The molecule has 3 aromatic carbocycles. The highest BCUT2D eigenvalue weighted by atomic mass is 79.9. The summed E-state index contributed by atoms with van der Waals surface area (Å²) in [6.07, 6.45) is 0.423. The highest BCUT2D eigenvalue weighted by molar-refractivity contribution is 9.10. The van der Waals surface area contributed by atoms with Crippen LogP contribution >= 0.6 is 15.9 Å². The minimum absolute atomic E-state index is 0.0615. The van der Waals surface area contributed by atoms with Crippen molar-refractivity contribution in [2.24, 2.45) is 5.10 Å². The Hall–Kier alpha value is -3.19. The van der Waals surface area contributed by atoms with E-state index in [0.717, 1.165) is 44.8 Å². The zero-order valence-corrected chi connectivity index (χ0v) is 19.6. The molecule has 0 N–H and O–H groups in total. The van der Waals surface area contributed by atoms with Crippen LogP contribution in [0, 0.1) is 0 Å². The third-order valence-corrected chi connectivity index (χ3v) is 6.36. The van der Waals surface area contributed by atoms with Crippen molar-refractivity contribution in [1.29, 1.82) is 0 Å². The van der Waals surface area contributed by atoms with Gasteiger partial charge in [-0.05, 0) is 60.7 Å². The van der Waals surface area contributed by atoms with E-state index in [-0.39, 0.29) is 12.3 Å². The van der Waals surface area contributed by atoms with E-state index in [0.29, 0.717) is 11.5 Å². The average Bonchev–Trinajstić information content (AvgIpc) is 3.29. The Kier molecular flexibility index (Phi) is 5.43. The third-order valence-electron chi connectivity index (χ3n) is 5.87. The van der Waals surface area contributed by atoms with Gasteiger partial charge in [0.05, 0.1) is 33.1 Å². The highest BCUT2D eigenvalue weighted by Gasteiger charge is 2.41. The molecule has 5 rings (SSSR count). The van der Waals surface area contributed by atoms with E-state index in [2.05, 4.69) is 27.0 Å². The first-order chi connectivity index (χ1) is 15.6. The molecule has 0 amide bonds. The number of methoxy groups -OCH3 is 3. The molecule has 2 unspecified atom stereocenters. The van der Waals surface area contributed by atoms with Crippen molar-refractivity contribution >= 4 is 21.6 Å². The van der Waals surface area contributed by atoms with Gasteiger partial charge in [0.1, 0.15) is 11.5 Å². The van der Waals surface area contributed by atoms with E-state index >= 15 is 0 Å². The fourth-order valence-corrected chi connectivity index (χ4v) is 4.62. The summed E-state index contributed by atoms with van der Waals surface area (Å²) in [5.41, 5.74) is 4.11. The molecule has 7 heteroatoms. The summed E-state index contributed by atoms with van der Waals surface area (Å²) in [5.74, 6) is 3.06. The molecule has 164 valence electrons. The third kappa shape index (κ3) is 3.56. The van der Waals surface area contributed by atoms with Crippen LogP contribution in [0.15, 0.2) is 70.2 Å². The Morgan fingerprint density at radius 1 is 0.906 bits per heavy atom. The zero-order chi connectivity index (χ0) is 22.2. The normalized spacial score (nSPS) is 18.9. The fraction of sp³-hybridized carbons (Fsp3) is 0.240. The highest BCUT2D eigenvalue weighted by Crippen LogP contribution is 2.48. The molecule has 0 fully saturated rings. The van der Waals surface area contributed by atoms with Crippen molar-refractivity contribution in [1.82, 2.24) is 5.01 Å². The molecule has 2 aliphatic rings. The van der Waals surface area contributed by atoms with E-state index in [4.69, 9.17) is 24.0 Å². The van der Waals surface area contributed by atoms with Gasteiger partial charge in [0, 0.05) is 27.6 Å². The van der Waals surface area contributed by atoms with Gasteiger partial charge >= 0.3 is 0 Å². The van der Waals surface area contributed by atoms with Crippen LogP contribution in [-0.4, -0.2) is 32.0 Å². The number of benzene rings is 3. The minimum atomic E-state index is -0.336. The molecule has 2 aliphatic heterocycles. The number of fused-ring (bicyclic) bond motifs is 3. The second-order valence-electron chi connectivity index (χ2n) is 7.64. The van der Waals surface area contributed by atoms with Crippen molar-refractivity contribution < 1.29 is 18.9 Å². The van der Waals surface area contributed by atoms with Crippen molar-refractivity contribution in [3.63, 3.8) is 0 Å². The molecule has 0 saturated carbocycles. The van der Waals surface area contributed by atoms with Crippen LogP contribution in [0.3, 0.4) is 0 Å². The van der Waals surface area contributed by atoms with Crippen molar-refractivity contribution in [2.45, 2.75) is 18.7 Å². The first-order valence-electron chi connectivity index (χ1n) is 10.3. The van der Waals surface area contributed by atoms with Crippen LogP contribution in [0.25, 0.3) is 0 Å². The minimum Gasteiger partial charge on any atom is -0.497 e. The second kappa shape index (κ2) is 8.39. The summed E-state index contributed by atoms with van der Waals surface area (Å²) in [7, 11) is 4.94. The Morgan fingerprint density at radius 2 is 1.69 bits per heavy atom. The van der Waals surface area contributed by atoms with Gasteiger partial charge in [-0.25, -0.2) is 5.01 Å². The largest absolute Gasteiger partial charge is 0.497 e. The molecule has 2 heterocycles. The molecular formula is C25H23BrN2O4. The predicted octanol–water partition coefficient (Wildman–Crippen LogP) is 5.72. The quantitative estimate of drug-likeness (QED) is 0.454. The number of rotatable bonds is 5. The molecule has 0 aliphatic carbocycles. The second-order valence-corrected chi connectivity index (χ2v) is 8.56. The number of hydrogen-bond acceptors (Lipinski definition) is 6. The van der Waals surface area contributed by atoms with Crippen LogP contribution in [0.5, 0.6) is 23.0 Å². The van der Waals surface area contributed by atoms with E-state index in [9.17, 15) is 0 Å². The maximum atomic E-state index is 6.44. The standard InChI is InChI=1S/C25H23BrN2O4/c1-29-18-8-4-15(5-9-18)25-28-21(19-13-17(26)7-11-22(19)32-25)14-20(27-28)16-6-10-23(30-2)24(12-16)31-3/h4-13,21,25H,14H2,1-3H3. The molecule has 0 radical (unpaired) electrons. The van der Waals surface area contributed by atoms with E-state index < -0.39 is 0 Å². The fourth-order valence-electron chi connectivity index (χ4n) is 4.24. The molecule has 2 atom stereocenters. The van der Waals surface area contributed by atoms with Gasteiger partial charge in [0.25, 0.3) is 0 Å². The topological polar surface area (TPSA) is 52.5 Å². The van der Waals surface area contributed by atoms with Gasteiger partial charge in [-0.15, -0.1) is 0 Å². The van der Waals surface area contributed by atoms with Crippen molar-refractivity contribution in [3.8, 4) is 23.0 Å². The summed E-state index contributed by atoms with van der Waals surface area (Å²) < 4.78 is 23.7. The van der Waals surface area contributed by atoms with E-state index in [1.54, 1.807) is 21.3 Å². The van der Waals surface area contributed by atoms with Crippen LogP contribution in [0.1, 0.15) is 35.4 Å². The summed E-state index contributed by atoms with van der Waals surface area (Å²) in [6.45, 7) is 0. The summed E-state index contributed by atoms with van der Waals surface area (Å²) in [4.78, 5) is 0. The lowest BCUT2D eigenvalue weighted by atomic mass is 9.95. The molecule has 0 saturated heterocycles. The van der Waals surface area contributed by atoms with Gasteiger partial charge < -0.3 is 18.9 Å². The van der Waals surface area contributed by atoms with Crippen LogP contribution in [-0.2, 0) is 0 Å². The number of hydrazone groups is 1. The van der Waals surface area contributed by atoms with E-state index in [1.807, 2.05) is 54.6 Å². The van der Waals surface area contributed by atoms with Crippen molar-refractivity contribution in [2.75, 3.05) is 21.3 Å². The van der Waals surface area contributed by atoms with Crippen LogP contribution in [0.2, 0.25) is 0 Å². The lowest BCUT2D eigenvalue weighted by molar-refractivity contribution is -0.0191. The Balaban J connectivity index is 1.57. The van der Waals surface area contributed by atoms with Crippen LogP contribution in [0.4, 0.5) is 0 Å². The number of ether oxygens (including phenoxy) is 4. The molecule has 0 bridgehead atoms. The maximum Gasteiger partial charge on any atom is 0.213 e. The molecule has 6 nitrogen and oxygen atoms in total. The zero-order valence-electron chi connectivity index (χ0n) is 18.0. The summed E-state index contributed by atoms with van der Waals surface area (Å²) >= 11 is 3.60. The summed E-state index contributed by atoms with van der Waals surface area (Å²) in [5, 5.41) is 7.08. The SMILES string of the molecule is COc1ccc(C2Oc3ccc(Br)cc3C3CC(c4ccc(OC)c(OC)c4)=NN32)cc1. The number of hydrogen-bond donors (Lipinski definition) is 0. The Morgan fingerprint density at radius 3 is 2.41 bits per heavy atom. The number of halogens is 1. The maximum absolute atomic E-state index is 6.44.